The highest BCUT2D eigenvalue weighted by Crippen LogP contribution is 2.37. The Morgan fingerprint density at radius 1 is 1.21 bits per heavy atom. The summed E-state index contributed by atoms with van der Waals surface area (Å²) in [6, 6.07) is 6.26. The van der Waals surface area contributed by atoms with Gasteiger partial charge in [0.15, 0.2) is 0 Å². The molecule has 1 aromatic heterocycles. The van der Waals surface area contributed by atoms with Crippen LogP contribution in [0.1, 0.15) is 40.1 Å². The van der Waals surface area contributed by atoms with Crippen molar-refractivity contribution in [3.05, 3.63) is 45.3 Å². The monoisotopic (exact) mass is 487 g/mol. The lowest BCUT2D eigenvalue weighted by Gasteiger charge is -2.27. The molecule has 3 rings (SSSR count). The molecule has 0 fully saturated rings. The van der Waals surface area contributed by atoms with Crippen LogP contribution in [0.3, 0.4) is 0 Å². The average Bonchev–Trinajstić information content (AvgIpc) is 3.13. The van der Waals surface area contributed by atoms with Crippen LogP contribution in [-0.2, 0) is 17.8 Å². The molecule has 0 aliphatic carbocycles. The van der Waals surface area contributed by atoms with Gasteiger partial charge < -0.3 is 16.4 Å². The van der Waals surface area contributed by atoms with Crippen molar-refractivity contribution in [1.29, 1.82) is 0 Å². The fourth-order valence-corrected chi connectivity index (χ4v) is 5.02. The third-order valence-electron chi connectivity index (χ3n) is 5.18. The number of benzene rings is 1. The summed E-state index contributed by atoms with van der Waals surface area (Å²) >= 11 is 7.23. The first-order chi connectivity index (χ1) is 15.9. The van der Waals surface area contributed by atoms with Crippen molar-refractivity contribution in [2.24, 2.45) is 5.73 Å². The van der Waals surface area contributed by atoms with E-state index in [1.807, 2.05) is 0 Å². The summed E-state index contributed by atoms with van der Waals surface area (Å²) in [4.78, 5) is 39.5. The maximum absolute atomic E-state index is 12.5. The predicted octanol–water partition coefficient (Wildman–Crippen LogP) is 3.42. The van der Waals surface area contributed by atoms with Crippen LogP contribution < -0.4 is 21.7 Å². The molecule has 1 aromatic carbocycles. The molecule has 10 heteroatoms. The van der Waals surface area contributed by atoms with Crippen LogP contribution in [0.2, 0.25) is 5.02 Å². The van der Waals surface area contributed by atoms with Crippen LogP contribution in [0.4, 0.5) is 15.5 Å². The molecule has 0 saturated heterocycles. The minimum Gasteiger partial charge on any atom is -0.365 e. The van der Waals surface area contributed by atoms with Crippen molar-refractivity contribution in [3.63, 3.8) is 0 Å². The van der Waals surface area contributed by atoms with Crippen LogP contribution in [0, 0.1) is 12.3 Å². The molecule has 4 amide bonds. The summed E-state index contributed by atoms with van der Waals surface area (Å²) in [5.41, 5.74) is 7.49. The molecule has 2 aromatic rings. The van der Waals surface area contributed by atoms with Gasteiger partial charge in [0.25, 0.3) is 5.91 Å². The maximum atomic E-state index is 12.5. The molecule has 0 saturated carbocycles. The Morgan fingerprint density at radius 2 is 1.97 bits per heavy atom. The number of carbonyl (C=O) groups is 3. The number of thiophene rings is 1. The van der Waals surface area contributed by atoms with Gasteiger partial charge >= 0.3 is 6.03 Å². The number of hydrogen-bond acceptors (Lipinski definition) is 5. The van der Waals surface area contributed by atoms with Gasteiger partial charge in [-0.25, -0.2) is 4.79 Å². The second-order valence-corrected chi connectivity index (χ2v) is 9.13. The van der Waals surface area contributed by atoms with Gasteiger partial charge in [-0.1, -0.05) is 11.6 Å². The zero-order chi connectivity index (χ0) is 23.8. The molecule has 174 valence electrons. The Morgan fingerprint density at radius 3 is 2.67 bits per heavy atom. The van der Waals surface area contributed by atoms with Crippen LogP contribution in [0.25, 0.3) is 0 Å². The Kier molecular flexibility index (Phi) is 8.72. The lowest BCUT2D eigenvalue weighted by molar-refractivity contribution is -0.121. The summed E-state index contributed by atoms with van der Waals surface area (Å²) in [5.74, 6) is 1.86. The number of fused-ring (bicyclic) bond motifs is 1. The molecule has 0 radical (unpaired) electrons. The van der Waals surface area contributed by atoms with Crippen LogP contribution in [0.5, 0.6) is 0 Å². The summed E-state index contributed by atoms with van der Waals surface area (Å²) in [6.07, 6.45) is 7.42. The number of nitrogens with two attached hydrogens (primary N) is 1. The third kappa shape index (κ3) is 6.96. The number of urea groups is 1. The van der Waals surface area contributed by atoms with E-state index in [-0.39, 0.29) is 5.91 Å². The SMILES string of the molecule is C#CCCC(=O)NCCCN1CCc2c(sc(NC(=O)Nc3ccc(Cl)cc3)c2C(N)=O)C1. The van der Waals surface area contributed by atoms with Crippen LogP contribution >= 0.6 is 22.9 Å². The molecular formula is C23H26ClN5O3S. The van der Waals surface area contributed by atoms with Crippen molar-refractivity contribution in [2.45, 2.75) is 32.2 Å². The summed E-state index contributed by atoms with van der Waals surface area (Å²) in [6.45, 7) is 2.82. The molecule has 2 heterocycles. The zero-order valence-electron chi connectivity index (χ0n) is 18.1. The first-order valence-electron chi connectivity index (χ1n) is 10.6. The van der Waals surface area contributed by atoms with Gasteiger partial charge in [-0.2, -0.15) is 0 Å². The lowest BCUT2D eigenvalue weighted by Crippen LogP contribution is -2.33. The molecular weight excluding hydrogens is 462 g/mol. The molecule has 0 bridgehead atoms. The van der Waals surface area contributed by atoms with Crippen molar-refractivity contribution < 1.29 is 14.4 Å². The molecule has 5 N–H and O–H groups in total. The van der Waals surface area contributed by atoms with Gasteiger partial charge in [0.05, 0.1) is 5.56 Å². The molecule has 0 atom stereocenters. The second-order valence-electron chi connectivity index (χ2n) is 7.59. The van der Waals surface area contributed by atoms with Gasteiger partial charge in [-0.3, -0.25) is 19.8 Å². The number of rotatable bonds is 9. The van der Waals surface area contributed by atoms with Crippen LogP contribution in [-0.4, -0.2) is 42.4 Å². The van der Waals surface area contributed by atoms with Gasteiger partial charge in [0.2, 0.25) is 5.91 Å². The zero-order valence-corrected chi connectivity index (χ0v) is 19.7. The highest BCUT2D eigenvalue weighted by Gasteiger charge is 2.27. The van der Waals surface area contributed by atoms with E-state index in [1.165, 1.54) is 11.3 Å². The number of halogens is 1. The highest BCUT2D eigenvalue weighted by atomic mass is 35.5. The first-order valence-corrected chi connectivity index (χ1v) is 11.8. The topological polar surface area (TPSA) is 117 Å². The fraction of sp³-hybridized carbons (Fsp3) is 0.348. The summed E-state index contributed by atoms with van der Waals surface area (Å²) < 4.78 is 0. The molecule has 33 heavy (non-hydrogen) atoms. The Hall–Kier alpha value is -3.06. The smallest absolute Gasteiger partial charge is 0.324 e. The average molecular weight is 488 g/mol. The van der Waals surface area contributed by atoms with E-state index in [9.17, 15) is 14.4 Å². The van der Waals surface area contributed by atoms with E-state index >= 15 is 0 Å². The summed E-state index contributed by atoms with van der Waals surface area (Å²) in [7, 11) is 0. The van der Waals surface area contributed by atoms with Crippen molar-refractivity contribution in [2.75, 3.05) is 30.3 Å². The number of nitrogens with one attached hydrogen (secondary N) is 3. The lowest BCUT2D eigenvalue weighted by atomic mass is 10.0. The Balaban J connectivity index is 1.57. The van der Waals surface area contributed by atoms with E-state index in [2.05, 4.69) is 26.8 Å². The Labute approximate surface area is 201 Å². The van der Waals surface area contributed by atoms with Crippen molar-refractivity contribution >= 4 is 51.5 Å². The van der Waals surface area contributed by atoms with E-state index in [1.54, 1.807) is 24.3 Å². The first kappa shape index (κ1) is 24.6. The van der Waals surface area contributed by atoms with Crippen molar-refractivity contribution in [3.8, 4) is 12.3 Å². The largest absolute Gasteiger partial charge is 0.365 e. The second kappa shape index (κ2) is 11.7. The molecule has 0 unspecified atom stereocenters. The standard InChI is InChI=1S/C23H26ClN5O3S/c1-2-3-5-19(30)26-11-4-12-29-13-10-17-18(14-29)33-22(20(17)21(25)31)28-23(32)27-16-8-6-15(24)7-9-16/h1,6-9H,3-5,10-14H2,(H2,25,31)(H,26,30)(H2,27,28,32). The minimum atomic E-state index is -0.558. The summed E-state index contributed by atoms with van der Waals surface area (Å²) in [5, 5.41) is 9.36. The maximum Gasteiger partial charge on any atom is 0.324 e. The molecule has 0 spiro atoms. The number of anilines is 2. The molecule has 1 aliphatic heterocycles. The van der Waals surface area contributed by atoms with Gasteiger partial charge in [-0.15, -0.1) is 23.7 Å². The number of primary amides is 1. The van der Waals surface area contributed by atoms with Gasteiger partial charge in [0.1, 0.15) is 5.00 Å². The fourth-order valence-electron chi connectivity index (χ4n) is 3.60. The molecule has 8 nitrogen and oxygen atoms in total. The third-order valence-corrected chi connectivity index (χ3v) is 6.57. The van der Waals surface area contributed by atoms with E-state index in [4.69, 9.17) is 23.8 Å². The molecule has 1 aliphatic rings. The number of amides is 4. The van der Waals surface area contributed by atoms with E-state index in [0.29, 0.717) is 53.6 Å². The minimum absolute atomic E-state index is 0.0363. The predicted molar refractivity (Wildman–Crippen MR) is 132 cm³/mol. The Bertz CT molecular complexity index is 1060. The number of carbonyl (C=O) groups excluding carboxylic acids is 3. The van der Waals surface area contributed by atoms with Crippen LogP contribution in [0.15, 0.2) is 24.3 Å². The number of terminal acetylenes is 1. The number of nitrogens with zero attached hydrogens (tertiary/aromatic N) is 1. The highest BCUT2D eigenvalue weighted by molar-refractivity contribution is 7.17. The van der Waals surface area contributed by atoms with Gasteiger partial charge in [0, 0.05) is 54.6 Å². The van der Waals surface area contributed by atoms with E-state index in [0.717, 1.165) is 30.0 Å². The quantitative estimate of drug-likeness (QED) is 0.320. The normalized spacial score (nSPS) is 13.0. The van der Waals surface area contributed by atoms with Crippen molar-refractivity contribution in [1.82, 2.24) is 10.2 Å². The number of hydrogen-bond donors (Lipinski definition) is 4. The van der Waals surface area contributed by atoms with E-state index < -0.39 is 11.9 Å². The van der Waals surface area contributed by atoms with Gasteiger partial charge in [-0.05, 0) is 42.7 Å².